The van der Waals surface area contributed by atoms with E-state index in [0.717, 1.165) is 12.0 Å². The molecule has 2 amide bonds. The Hall–Kier alpha value is -2.14. The molecule has 1 heterocycles. The smallest absolute Gasteiger partial charge is 0.261 e. The maximum atomic E-state index is 12.6. The van der Waals surface area contributed by atoms with Crippen LogP contribution in [0.4, 0.5) is 0 Å². The van der Waals surface area contributed by atoms with E-state index in [9.17, 15) is 9.59 Å². The second-order valence-electron chi connectivity index (χ2n) is 5.75. The molecule has 1 unspecified atom stereocenters. The van der Waals surface area contributed by atoms with Crippen LogP contribution in [0.1, 0.15) is 41.9 Å². The van der Waals surface area contributed by atoms with Crippen molar-refractivity contribution < 1.29 is 9.59 Å². The third-order valence-corrected chi connectivity index (χ3v) is 4.88. The molecule has 0 spiro atoms. The molecule has 1 atom stereocenters. The summed E-state index contributed by atoms with van der Waals surface area (Å²) in [5.74, 6) is -0.0457. The van der Waals surface area contributed by atoms with Gasteiger partial charge in [0.2, 0.25) is 5.91 Å². The topological polar surface area (TPSA) is 49.4 Å². The van der Waals surface area contributed by atoms with E-state index in [1.54, 1.807) is 6.07 Å². The maximum absolute atomic E-state index is 12.6. The molecule has 2 aromatic rings. The molecule has 2 rings (SSSR count). The standard InChI is InChI=1S/C19H24N2O2S/c1-3-15(2)21(14-16-8-5-4-6-9-16)18(22)11-12-20-19(23)17-10-7-13-24-17/h4-10,13,15H,3,11-12,14H2,1-2H3,(H,20,23). The molecule has 1 N–H and O–H groups in total. The molecule has 0 bridgehead atoms. The van der Waals surface area contributed by atoms with Crippen LogP contribution >= 0.6 is 11.3 Å². The summed E-state index contributed by atoms with van der Waals surface area (Å²) in [6.07, 6.45) is 1.22. The van der Waals surface area contributed by atoms with E-state index in [1.165, 1.54) is 11.3 Å². The Morgan fingerprint density at radius 1 is 1.17 bits per heavy atom. The average molecular weight is 344 g/mol. The number of carbonyl (C=O) groups is 2. The Kier molecular flexibility index (Phi) is 7.00. The summed E-state index contributed by atoms with van der Waals surface area (Å²) in [6.45, 7) is 5.10. The minimum absolute atomic E-state index is 0.0692. The highest BCUT2D eigenvalue weighted by molar-refractivity contribution is 7.12. The number of hydrogen-bond donors (Lipinski definition) is 1. The number of thiophene rings is 1. The third kappa shape index (κ3) is 5.20. The number of nitrogens with one attached hydrogen (secondary N) is 1. The van der Waals surface area contributed by atoms with Crippen LogP contribution in [0.5, 0.6) is 0 Å². The SMILES string of the molecule is CCC(C)N(Cc1ccccc1)C(=O)CCNC(=O)c1cccs1. The number of nitrogens with zero attached hydrogens (tertiary/aromatic N) is 1. The first-order chi connectivity index (χ1) is 11.6. The fraction of sp³-hybridized carbons (Fsp3) is 0.368. The van der Waals surface area contributed by atoms with Crippen molar-refractivity contribution >= 4 is 23.2 Å². The number of carbonyl (C=O) groups excluding carboxylic acids is 2. The minimum Gasteiger partial charge on any atom is -0.351 e. The summed E-state index contributed by atoms with van der Waals surface area (Å²) < 4.78 is 0. The van der Waals surface area contributed by atoms with Gasteiger partial charge in [-0.05, 0) is 30.4 Å². The lowest BCUT2D eigenvalue weighted by molar-refractivity contribution is -0.133. The van der Waals surface area contributed by atoms with E-state index >= 15 is 0 Å². The molecule has 0 radical (unpaired) electrons. The minimum atomic E-state index is -0.115. The Morgan fingerprint density at radius 3 is 2.54 bits per heavy atom. The third-order valence-electron chi connectivity index (χ3n) is 4.01. The van der Waals surface area contributed by atoms with Crippen LogP contribution < -0.4 is 5.32 Å². The lowest BCUT2D eigenvalue weighted by Crippen LogP contribution is -2.39. The first-order valence-corrected chi connectivity index (χ1v) is 9.15. The van der Waals surface area contributed by atoms with Crippen LogP contribution in [-0.4, -0.2) is 29.3 Å². The Labute approximate surface area is 147 Å². The van der Waals surface area contributed by atoms with E-state index in [2.05, 4.69) is 19.2 Å². The van der Waals surface area contributed by atoms with Gasteiger partial charge in [-0.2, -0.15) is 0 Å². The fourth-order valence-electron chi connectivity index (χ4n) is 2.41. The van der Waals surface area contributed by atoms with Crippen molar-refractivity contribution in [3.63, 3.8) is 0 Å². The van der Waals surface area contributed by atoms with Gasteiger partial charge in [0.15, 0.2) is 0 Å². The van der Waals surface area contributed by atoms with Crippen LogP contribution in [0.25, 0.3) is 0 Å². The highest BCUT2D eigenvalue weighted by Crippen LogP contribution is 2.12. The van der Waals surface area contributed by atoms with Crippen LogP contribution in [0.3, 0.4) is 0 Å². The Bertz CT molecular complexity index is 641. The van der Waals surface area contributed by atoms with E-state index in [0.29, 0.717) is 24.4 Å². The second kappa shape index (κ2) is 9.23. The summed E-state index contributed by atoms with van der Waals surface area (Å²) in [6, 6.07) is 13.8. The normalized spacial score (nSPS) is 11.8. The molecule has 4 nitrogen and oxygen atoms in total. The highest BCUT2D eigenvalue weighted by Gasteiger charge is 2.19. The van der Waals surface area contributed by atoms with Gasteiger partial charge < -0.3 is 10.2 Å². The van der Waals surface area contributed by atoms with Gasteiger partial charge in [-0.1, -0.05) is 43.3 Å². The Morgan fingerprint density at radius 2 is 1.92 bits per heavy atom. The number of amides is 2. The van der Waals surface area contributed by atoms with Gasteiger partial charge in [-0.3, -0.25) is 9.59 Å². The fourth-order valence-corrected chi connectivity index (χ4v) is 3.05. The first kappa shape index (κ1) is 18.2. The predicted molar refractivity (Wildman–Crippen MR) is 98.0 cm³/mol. The molecule has 1 aromatic carbocycles. The zero-order valence-electron chi connectivity index (χ0n) is 14.2. The summed E-state index contributed by atoms with van der Waals surface area (Å²) >= 11 is 1.40. The van der Waals surface area contributed by atoms with Gasteiger partial charge in [0.05, 0.1) is 4.88 Å². The molecular weight excluding hydrogens is 320 g/mol. The molecule has 5 heteroatoms. The predicted octanol–water partition coefficient (Wildman–Crippen LogP) is 3.70. The molecule has 1 aromatic heterocycles. The molecular formula is C19H24N2O2S. The first-order valence-electron chi connectivity index (χ1n) is 8.27. The number of hydrogen-bond acceptors (Lipinski definition) is 3. The quantitative estimate of drug-likeness (QED) is 0.794. The van der Waals surface area contributed by atoms with Gasteiger partial charge in [-0.25, -0.2) is 0 Å². The molecule has 0 aliphatic heterocycles. The Balaban J connectivity index is 1.89. The molecule has 0 saturated heterocycles. The average Bonchev–Trinajstić information content (AvgIpc) is 3.14. The van der Waals surface area contributed by atoms with E-state index in [-0.39, 0.29) is 17.9 Å². The van der Waals surface area contributed by atoms with Crippen LogP contribution in [-0.2, 0) is 11.3 Å². The molecule has 24 heavy (non-hydrogen) atoms. The largest absolute Gasteiger partial charge is 0.351 e. The van der Waals surface area contributed by atoms with Crippen molar-refractivity contribution in [1.82, 2.24) is 10.2 Å². The summed E-state index contributed by atoms with van der Waals surface area (Å²) in [4.78, 5) is 27.1. The lowest BCUT2D eigenvalue weighted by Gasteiger charge is -2.29. The van der Waals surface area contributed by atoms with Crippen molar-refractivity contribution in [2.24, 2.45) is 0 Å². The zero-order chi connectivity index (χ0) is 17.4. The van der Waals surface area contributed by atoms with Crippen molar-refractivity contribution in [2.45, 2.75) is 39.3 Å². The molecule has 128 valence electrons. The molecule has 0 fully saturated rings. The number of rotatable bonds is 8. The van der Waals surface area contributed by atoms with Gasteiger partial charge in [0, 0.05) is 25.6 Å². The second-order valence-corrected chi connectivity index (χ2v) is 6.70. The van der Waals surface area contributed by atoms with Gasteiger partial charge >= 0.3 is 0 Å². The van der Waals surface area contributed by atoms with Gasteiger partial charge in [0.25, 0.3) is 5.91 Å². The van der Waals surface area contributed by atoms with Gasteiger partial charge in [0.1, 0.15) is 0 Å². The van der Waals surface area contributed by atoms with Crippen LogP contribution in [0, 0.1) is 0 Å². The van der Waals surface area contributed by atoms with Crippen molar-refractivity contribution in [3.8, 4) is 0 Å². The maximum Gasteiger partial charge on any atom is 0.261 e. The van der Waals surface area contributed by atoms with Gasteiger partial charge in [-0.15, -0.1) is 11.3 Å². The summed E-state index contributed by atoms with van der Waals surface area (Å²) in [7, 11) is 0. The lowest BCUT2D eigenvalue weighted by atomic mass is 10.1. The van der Waals surface area contributed by atoms with E-state index < -0.39 is 0 Å². The monoisotopic (exact) mass is 344 g/mol. The van der Waals surface area contributed by atoms with Crippen molar-refractivity contribution in [2.75, 3.05) is 6.54 Å². The molecule has 0 aliphatic rings. The highest BCUT2D eigenvalue weighted by atomic mass is 32.1. The number of benzene rings is 1. The molecule has 0 aliphatic carbocycles. The van der Waals surface area contributed by atoms with Crippen LogP contribution in [0.2, 0.25) is 0 Å². The van der Waals surface area contributed by atoms with E-state index in [4.69, 9.17) is 0 Å². The molecule has 0 saturated carbocycles. The van der Waals surface area contributed by atoms with Crippen molar-refractivity contribution in [3.05, 3.63) is 58.3 Å². The van der Waals surface area contributed by atoms with Crippen molar-refractivity contribution in [1.29, 1.82) is 0 Å². The van der Waals surface area contributed by atoms with E-state index in [1.807, 2.05) is 46.7 Å². The summed E-state index contributed by atoms with van der Waals surface area (Å²) in [5.41, 5.74) is 1.12. The zero-order valence-corrected chi connectivity index (χ0v) is 15.0. The summed E-state index contributed by atoms with van der Waals surface area (Å²) in [5, 5.41) is 4.68. The van der Waals surface area contributed by atoms with Crippen LogP contribution in [0.15, 0.2) is 47.8 Å².